The highest BCUT2D eigenvalue weighted by molar-refractivity contribution is 7.15. The Hall–Kier alpha value is -3.78. The molecule has 2 unspecified atom stereocenters. The maximum atomic E-state index is 13.2. The van der Waals surface area contributed by atoms with Gasteiger partial charge in [0.25, 0.3) is 5.91 Å². The van der Waals surface area contributed by atoms with Gasteiger partial charge in [-0.3, -0.25) is 4.79 Å². The molecule has 1 amide bonds. The van der Waals surface area contributed by atoms with Gasteiger partial charge in [-0.1, -0.05) is 74.0 Å². The number of hydrogen-bond donors (Lipinski definition) is 2. The fourth-order valence-electron chi connectivity index (χ4n) is 4.39. The average Bonchev–Trinajstić information content (AvgIpc) is 3.51. The molecule has 6 nitrogen and oxygen atoms in total. The van der Waals surface area contributed by atoms with E-state index in [1.807, 2.05) is 82.3 Å². The number of aliphatic carboxylic acids is 1. The van der Waals surface area contributed by atoms with Crippen LogP contribution in [0.3, 0.4) is 0 Å². The highest BCUT2D eigenvalue weighted by Crippen LogP contribution is 2.34. The van der Waals surface area contributed by atoms with Gasteiger partial charge in [-0.25, -0.2) is 4.79 Å². The first-order valence-electron chi connectivity index (χ1n) is 14.3. The van der Waals surface area contributed by atoms with Gasteiger partial charge in [0.1, 0.15) is 6.04 Å². The van der Waals surface area contributed by atoms with Crippen LogP contribution in [-0.4, -0.2) is 36.7 Å². The van der Waals surface area contributed by atoms with Crippen LogP contribution in [0.5, 0.6) is 0 Å². The number of thiophene rings is 1. The van der Waals surface area contributed by atoms with Crippen molar-refractivity contribution in [3.05, 3.63) is 106 Å². The van der Waals surface area contributed by atoms with Crippen LogP contribution in [0.1, 0.15) is 66.1 Å². The first-order valence-corrected chi connectivity index (χ1v) is 15.1. The number of rotatable bonds is 12. The zero-order valence-corrected chi connectivity index (χ0v) is 25.9. The molecule has 0 aliphatic carbocycles. The fraction of sp³-hybridized carbons (Fsp3) is 0.314. The summed E-state index contributed by atoms with van der Waals surface area (Å²) in [4.78, 5) is 27.2. The van der Waals surface area contributed by atoms with E-state index in [-0.39, 0.29) is 6.10 Å². The molecule has 222 valence electrons. The molecule has 7 heteroatoms. The summed E-state index contributed by atoms with van der Waals surface area (Å²) in [7, 11) is 1.68. The van der Waals surface area contributed by atoms with Crippen LogP contribution >= 0.6 is 11.3 Å². The van der Waals surface area contributed by atoms with Crippen molar-refractivity contribution in [1.29, 1.82) is 0 Å². The molecule has 0 aliphatic rings. The summed E-state index contributed by atoms with van der Waals surface area (Å²) in [6.07, 6.45) is 0.944. The largest absolute Gasteiger partial charge is 0.480 e. The van der Waals surface area contributed by atoms with Crippen molar-refractivity contribution < 1.29 is 24.2 Å². The van der Waals surface area contributed by atoms with E-state index in [0.717, 1.165) is 33.7 Å². The van der Waals surface area contributed by atoms with E-state index in [1.165, 1.54) is 10.4 Å². The Morgan fingerprint density at radius 2 is 1.62 bits per heavy atom. The summed E-state index contributed by atoms with van der Waals surface area (Å²) in [6.45, 7) is 9.11. The van der Waals surface area contributed by atoms with E-state index in [2.05, 4.69) is 34.3 Å². The predicted octanol–water partition coefficient (Wildman–Crippen LogP) is 8.30. The van der Waals surface area contributed by atoms with Crippen LogP contribution in [0.4, 0.5) is 0 Å². The zero-order valence-electron chi connectivity index (χ0n) is 25.1. The zero-order chi connectivity index (χ0) is 30.5. The molecule has 2 atom stereocenters. The average molecular weight is 588 g/mol. The fourth-order valence-corrected chi connectivity index (χ4v) is 5.41. The van der Waals surface area contributed by atoms with E-state index in [9.17, 15) is 14.7 Å². The van der Waals surface area contributed by atoms with E-state index < -0.39 is 17.9 Å². The molecule has 0 fully saturated rings. The smallest absolute Gasteiger partial charge is 0.326 e. The Kier molecular flexibility index (Phi) is 12.9. The van der Waals surface area contributed by atoms with Crippen molar-refractivity contribution in [3.63, 3.8) is 0 Å². The lowest BCUT2D eigenvalue weighted by atomic mass is 9.93. The number of carbonyl (C=O) groups excluding carboxylic acids is 1. The number of carboxylic acid groups (broad SMARTS) is 1. The van der Waals surface area contributed by atoms with Crippen molar-refractivity contribution in [2.45, 2.75) is 59.3 Å². The molecule has 0 aliphatic heterocycles. The molecule has 0 saturated heterocycles. The second-order valence-corrected chi connectivity index (χ2v) is 11.1. The molecular weight excluding hydrogens is 546 g/mol. The van der Waals surface area contributed by atoms with Crippen molar-refractivity contribution >= 4 is 23.2 Å². The van der Waals surface area contributed by atoms with Gasteiger partial charge in [-0.15, -0.1) is 11.3 Å². The summed E-state index contributed by atoms with van der Waals surface area (Å²) in [5.74, 6) is -1.42. The molecule has 0 radical (unpaired) electrons. The Morgan fingerprint density at radius 3 is 2.26 bits per heavy atom. The maximum absolute atomic E-state index is 13.2. The van der Waals surface area contributed by atoms with Gasteiger partial charge < -0.3 is 19.9 Å². The van der Waals surface area contributed by atoms with Crippen LogP contribution in [0.2, 0.25) is 0 Å². The second kappa shape index (κ2) is 16.6. The van der Waals surface area contributed by atoms with Crippen LogP contribution in [0.15, 0.2) is 84.9 Å². The third-order valence-electron chi connectivity index (χ3n) is 6.82. The molecule has 4 rings (SSSR count). The van der Waals surface area contributed by atoms with Gasteiger partial charge in [0.05, 0.1) is 12.7 Å². The van der Waals surface area contributed by atoms with Crippen LogP contribution < -0.4 is 5.32 Å². The third-order valence-corrected chi connectivity index (χ3v) is 8.11. The molecule has 0 spiro atoms. The molecule has 0 bridgehead atoms. The van der Waals surface area contributed by atoms with E-state index >= 15 is 0 Å². The number of carboxylic acids is 1. The first kappa shape index (κ1) is 32.7. The molecule has 1 aromatic heterocycles. The number of aryl methyl sites for hydroxylation is 1. The Labute approximate surface area is 253 Å². The summed E-state index contributed by atoms with van der Waals surface area (Å²) >= 11 is 1.72. The summed E-state index contributed by atoms with van der Waals surface area (Å²) in [6, 6.07) is 27.1. The van der Waals surface area contributed by atoms with Crippen molar-refractivity contribution in [1.82, 2.24) is 5.32 Å². The number of carbonyl (C=O) groups is 2. The minimum Gasteiger partial charge on any atom is -0.480 e. The van der Waals surface area contributed by atoms with Gasteiger partial charge in [0.15, 0.2) is 0 Å². The van der Waals surface area contributed by atoms with E-state index in [4.69, 9.17) is 4.74 Å². The summed E-state index contributed by atoms with van der Waals surface area (Å²) in [5.41, 5.74) is 5.30. The number of ether oxygens (including phenoxy) is 2. The normalized spacial score (nSPS) is 12.1. The maximum Gasteiger partial charge on any atom is 0.326 e. The topological polar surface area (TPSA) is 84.9 Å². The SMILES string of the molecule is CCCC(NC(=O)c1ccc(COC(C)c2ccc(-c3ccccc3)s2)cc1-c1ccccc1C)C(=O)O.CCOC. The molecule has 1 heterocycles. The highest BCUT2D eigenvalue weighted by atomic mass is 32.1. The number of methoxy groups -OCH3 is 1. The monoisotopic (exact) mass is 587 g/mol. The minimum atomic E-state index is -1.03. The second-order valence-electron chi connectivity index (χ2n) is 9.95. The predicted molar refractivity (Wildman–Crippen MR) is 171 cm³/mol. The van der Waals surface area contributed by atoms with E-state index in [1.54, 1.807) is 24.5 Å². The molecule has 2 N–H and O–H groups in total. The Morgan fingerprint density at radius 1 is 0.929 bits per heavy atom. The minimum absolute atomic E-state index is 0.0901. The molecule has 0 saturated carbocycles. The summed E-state index contributed by atoms with van der Waals surface area (Å²) < 4.78 is 10.8. The highest BCUT2D eigenvalue weighted by Gasteiger charge is 2.22. The van der Waals surface area contributed by atoms with Gasteiger partial charge in [0, 0.05) is 29.0 Å². The lowest BCUT2D eigenvalue weighted by molar-refractivity contribution is -0.139. The lowest BCUT2D eigenvalue weighted by Gasteiger charge is -2.18. The first-order chi connectivity index (χ1) is 20.3. The number of amides is 1. The van der Waals surface area contributed by atoms with Gasteiger partial charge in [0.2, 0.25) is 0 Å². The van der Waals surface area contributed by atoms with Crippen molar-refractivity contribution in [2.24, 2.45) is 0 Å². The van der Waals surface area contributed by atoms with E-state index in [0.29, 0.717) is 25.0 Å². The number of nitrogens with one attached hydrogen (secondary N) is 1. The standard InChI is InChI=1S/C32H33NO4S.C3H8O/c1-4-10-28(32(35)36)33-31(34)26-16-15-23(19-27(26)25-14-9-8-11-21(25)2)20-37-22(3)29-17-18-30(38-29)24-12-6-5-7-13-24;1-3-4-2/h5-9,11-19,22,28H,4,10,20H2,1-3H3,(H,33,34)(H,35,36);3H2,1-2H3. The summed E-state index contributed by atoms with van der Waals surface area (Å²) in [5, 5.41) is 12.2. The molecular formula is C35H41NO5S. The molecule has 42 heavy (non-hydrogen) atoms. The van der Waals surface area contributed by atoms with Crippen LogP contribution in [0, 0.1) is 6.92 Å². The number of hydrogen-bond acceptors (Lipinski definition) is 5. The number of benzene rings is 3. The molecule has 3 aromatic carbocycles. The third kappa shape index (κ3) is 9.11. The lowest BCUT2D eigenvalue weighted by Crippen LogP contribution is -2.40. The van der Waals surface area contributed by atoms with Crippen molar-refractivity contribution in [2.75, 3.05) is 13.7 Å². The van der Waals surface area contributed by atoms with Crippen LogP contribution in [0.25, 0.3) is 21.6 Å². The quantitative estimate of drug-likeness (QED) is 0.174. The molecule has 4 aromatic rings. The Balaban J connectivity index is 0.00000114. The van der Waals surface area contributed by atoms with Crippen molar-refractivity contribution in [3.8, 4) is 21.6 Å². The van der Waals surface area contributed by atoms with Crippen LogP contribution in [-0.2, 0) is 20.9 Å². The van der Waals surface area contributed by atoms with Gasteiger partial charge in [-0.2, -0.15) is 0 Å². The Bertz CT molecular complexity index is 1430. The van der Waals surface area contributed by atoms with Gasteiger partial charge in [-0.05, 0) is 79.3 Å². The van der Waals surface area contributed by atoms with Gasteiger partial charge >= 0.3 is 5.97 Å².